The molecule has 0 aliphatic carbocycles. The molecule has 0 unspecified atom stereocenters. The van der Waals surface area contributed by atoms with Crippen LogP contribution in [0.3, 0.4) is 0 Å². The number of para-hydroxylation sites is 1. The third kappa shape index (κ3) is 3.62. The highest BCUT2D eigenvalue weighted by Gasteiger charge is 2.33. The van der Waals surface area contributed by atoms with E-state index >= 15 is 0 Å². The zero-order valence-electron chi connectivity index (χ0n) is 18.2. The van der Waals surface area contributed by atoms with E-state index in [1.165, 1.54) is 15.9 Å². The molecule has 1 aliphatic rings. The fourth-order valence-electron chi connectivity index (χ4n) is 3.85. The summed E-state index contributed by atoms with van der Waals surface area (Å²) in [6.07, 6.45) is 3.76. The van der Waals surface area contributed by atoms with Gasteiger partial charge in [0.1, 0.15) is 10.3 Å². The predicted molar refractivity (Wildman–Crippen MR) is 130 cm³/mol. The van der Waals surface area contributed by atoms with E-state index in [4.69, 9.17) is 4.74 Å². The van der Waals surface area contributed by atoms with E-state index in [0.717, 1.165) is 35.4 Å². The number of carbonyl (C=O) groups is 1. The lowest BCUT2D eigenvalue weighted by Gasteiger charge is -2.13. The molecule has 0 atom stereocenters. The minimum Gasteiger partial charge on any atom is -0.494 e. The minimum atomic E-state index is -0.341. The summed E-state index contributed by atoms with van der Waals surface area (Å²) < 4.78 is 7.32. The van der Waals surface area contributed by atoms with Crippen LogP contribution >= 0.6 is 11.3 Å². The van der Waals surface area contributed by atoms with Gasteiger partial charge in [-0.1, -0.05) is 49.0 Å². The molecule has 8 heteroatoms. The molecule has 33 heavy (non-hydrogen) atoms. The van der Waals surface area contributed by atoms with Crippen molar-refractivity contribution in [3.8, 4) is 17.1 Å². The van der Waals surface area contributed by atoms with Crippen LogP contribution in [0.5, 0.6) is 5.75 Å². The SMILES string of the molecule is C=CCN1C(=O)/C(=c2/sc3nc(-c4ccc(OCCCC)cc4)nn3c2=O)c2ccccc21. The molecule has 166 valence electrons. The third-order valence-electron chi connectivity index (χ3n) is 5.50. The Labute approximate surface area is 194 Å². The van der Waals surface area contributed by atoms with Gasteiger partial charge >= 0.3 is 0 Å². The number of ether oxygens (including phenoxy) is 1. The maximum atomic E-state index is 13.2. The van der Waals surface area contributed by atoms with Crippen molar-refractivity contribution in [2.45, 2.75) is 19.8 Å². The topological polar surface area (TPSA) is 76.8 Å². The number of aromatic nitrogens is 3. The summed E-state index contributed by atoms with van der Waals surface area (Å²) in [5.74, 6) is 1.04. The zero-order chi connectivity index (χ0) is 22.9. The van der Waals surface area contributed by atoms with Crippen molar-refractivity contribution in [1.29, 1.82) is 0 Å². The molecule has 4 aromatic rings. The van der Waals surface area contributed by atoms with Crippen LogP contribution in [0, 0.1) is 0 Å². The maximum Gasteiger partial charge on any atom is 0.291 e. The van der Waals surface area contributed by atoms with Crippen molar-refractivity contribution in [3.63, 3.8) is 0 Å². The first-order valence-corrected chi connectivity index (χ1v) is 11.6. The van der Waals surface area contributed by atoms with Crippen LogP contribution in [0.4, 0.5) is 5.69 Å². The fourth-order valence-corrected chi connectivity index (χ4v) is 4.85. The number of fused-ring (bicyclic) bond motifs is 2. The van der Waals surface area contributed by atoms with Gasteiger partial charge in [0.25, 0.3) is 11.5 Å². The summed E-state index contributed by atoms with van der Waals surface area (Å²) in [6, 6.07) is 15.0. The van der Waals surface area contributed by atoms with Gasteiger partial charge in [0.05, 0.1) is 17.9 Å². The first-order chi connectivity index (χ1) is 16.1. The molecular formula is C25H22N4O3S. The number of benzene rings is 2. The van der Waals surface area contributed by atoms with Gasteiger partial charge in [-0.2, -0.15) is 9.50 Å². The molecule has 0 saturated heterocycles. The Morgan fingerprint density at radius 1 is 1.12 bits per heavy atom. The summed E-state index contributed by atoms with van der Waals surface area (Å²) >= 11 is 1.18. The summed E-state index contributed by atoms with van der Waals surface area (Å²) in [7, 11) is 0. The third-order valence-corrected chi connectivity index (χ3v) is 6.53. The van der Waals surface area contributed by atoms with Crippen LogP contribution in [-0.2, 0) is 4.79 Å². The smallest absolute Gasteiger partial charge is 0.291 e. The molecule has 1 amide bonds. The summed E-state index contributed by atoms with van der Waals surface area (Å²) in [6.45, 7) is 6.92. The van der Waals surface area contributed by atoms with Crippen LogP contribution in [0.25, 0.3) is 21.9 Å². The number of thiazole rings is 1. The van der Waals surface area contributed by atoms with Crippen LogP contribution < -0.4 is 19.7 Å². The van der Waals surface area contributed by atoms with E-state index in [-0.39, 0.29) is 11.5 Å². The van der Waals surface area contributed by atoms with E-state index in [1.807, 2.05) is 48.5 Å². The van der Waals surface area contributed by atoms with Crippen molar-refractivity contribution in [3.05, 3.63) is 81.6 Å². The molecule has 2 aromatic carbocycles. The summed E-state index contributed by atoms with van der Waals surface area (Å²) in [4.78, 5) is 33.0. The lowest BCUT2D eigenvalue weighted by Crippen LogP contribution is -2.32. The Morgan fingerprint density at radius 3 is 2.64 bits per heavy atom. The first kappa shape index (κ1) is 21.1. The maximum absolute atomic E-state index is 13.2. The van der Waals surface area contributed by atoms with E-state index < -0.39 is 0 Å². The van der Waals surface area contributed by atoms with Gasteiger partial charge < -0.3 is 9.64 Å². The standard InChI is InChI=1S/C25H22N4O3S/c1-3-5-15-32-17-12-10-16(11-13-17)22-26-25-29(27-22)24(31)21(33-25)20-18-8-6-7-9-19(18)28(14-4-2)23(20)30/h4,6-13H,2-3,5,14-15H2,1H3/b21-20+. The molecule has 0 radical (unpaired) electrons. The Morgan fingerprint density at radius 2 is 1.91 bits per heavy atom. The monoisotopic (exact) mass is 458 g/mol. The molecular weight excluding hydrogens is 436 g/mol. The molecule has 0 N–H and O–H groups in total. The first-order valence-electron chi connectivity index (χ1n) is 10.8. The number of hydrogen-bond donors (Lipinski definition) is 0. The molecule has 5 rings (SSSR count). The van der Waals surface area contributed by atoms with Gasteiger partial charge in [-0.25, -0.2) is 0 Å². The van der Waals surface area contributed by atoms with Crippen LogP contribution in [0.15, 0.2) is 66.0 Å². The second kappa shape index (κ2) is 8.63. The highest BCUT2D eigenvalue weighted by atomic mass is 32.1. The number of nitrogens with zero attached hydrogens (tertiary/aromatic N) is 4. The van der Waals surface area contributed by atoms with E-state index in [2.05, 4.69) is 23.6 Å². The predicted octanol–water partition coefficient (Wildman–Crippen LogP) is 3.45. The number of carbonyl (C=O) groups excluding carboxylic acids is 1. The van der Waals surface area contributed by atoms with Gasteiger partial charge in [-0.15, -0.1) is 11.7 Å². The quantitative estimate of drug-likeness (QED) is 0.313. The van der Waals surface area contributed by atoms with Crippen LogP contribution in [0.1, 0.15) is 25.3 Å². The van der Waals surface area contributed by atoms with Gasteiger partial charge in [0, 0.05) is 17.7 Å². The van der Waals surface area contributed by atoms with E-state index in [1.54, 1.807) is 11.0 Å². The minimum absolute atomic E-state index is 0.211. The van der Waals surface area contributed by atoms with E-state index in [9.17, 15) is 9.59 Å². The summed E-state index contributed by atoms with van der Waals surface area (Å²) in [5.41, 5.74) is 2.36. The van der Waals surface area contributed by atoms with E-state index in [0.29, 0.717) is 34.0 Å². The highest BCUT2D eigenvalue weighted by molar-refractivity contribution is 7.15. The molecule has 2 aromatic heterocycles. The second-order valence-corrected chi connectivity index (χ2v) is 8.67. The molecule has 0 saturated carbocycles. The fraction of sp³-hybridized carbons (Fsp3) is 0.200. The zero-order valence-corrected chi connectivity index (χ0v) is 19.0. The average molecular weight is 459 g/mol. The van der Waals surface area contributed by atoms with Crippen LogP contribution in [-0.4, -0.2) is 33.7 Å². The largest absolute Gasteiger partial charge is 0.494 e. The highest BCUT2D eigenvalue weighted by Crippen LogP contribution is 2.35. The van der Waals surface area contributed by atoms with Crippen molar-refractivity contribution < 1.29 is 9.53 Å². The average Bonchev–Trinajstić information content (AvgIpc) is 3.46. The molecule has 7 nitrogen and oxygen atoms in total. The summed E-state index contributed by atoms with van der Waals surface area (Å²) in [5, 5.41) is 4.42. The molecule has 0 bridgehead atoms. The van der Waals surface area contributed by atoms with Crippen LogP contribution in [0.2, 0.25) is 0 Å². The Kier molecular flexibility index (Phi) is 5.51. The molecule has 1 aliphatic heterocycles. The van der Waals surface area contributed by atoms with Gasteiger partial charge in [0.15, 0.2) is 5.82 Å². The second-order valence-electron chi connectivity index (χ2n) is 7.69. The Hall–Kier alpha value is -3.78. The Balaban J connectivity index is 1.54. The normalized spacial score (nSPS) is 14.7. The Bertz CT molecular complexity index is 1470. The number of anilines is 1. The van der Waals surface area contributed by atoms with Gasteiger partial charge in [-0.05, 0) is 36.8 Å². The lowest BCUT2D eigenvalue weighted by atomic mass is 10.1. The lowest BCUT2D eigenvalue weighted by molar-refractivity contribution is -0.112. The van der Waals surface area contributed by atoms with Crippen molar-refractivity contribution in [2.75, 3.05) is 18.1 Å². The van der Waals surface area contributed by atoms with Crippen molar-refractivity contribution >= 4 is 33.5 Å². The van der Waals surface area contributed by atoms with Crippen molar-refractivity contribution in [1.82, 2.24) is 14.6 Å². The molecule has 3 heterocycles. The number of rotatable bonds is 7. The van der Waals surface area contributed by atoms with Gasteiger partial charge in [-0.3, -0.25) is 9.59 Å². The number of hydrogen-bond acceptors (Lipinski definition) is 6. The van der Waals surface area contributed by atoms with Gasteiger partial charge in [0.2, 0.25) is 4.96 Å². The number of unbranched alkanes of at least 4 members (excludes halogenated alkanes) is 1. The molecule has 0 fully saturated rings. The number of amides is 1. The van der Waals surface area contributed by atoms with Crippen molar-refractivity contribution in [2.24, 2.45) is 0 Å². The molecule has 0 spiro atoms.